The molecule has 0 spiro atoms. The first-order valence-corrected chi connectivity index (χ1v) is 15.7. The van der Waals surface area contributed by atoms with E-state index in [9.17, 15) is 18.0 Å². The molecule has 1 atom stereocenters. The van der Waals surface area contributed by atoms with E-state index in [2.05, 4.69) is 5.32 Å². The summed E-state index contributed by atoms with van der Waals surface area (Å²) in [6.45, 7) is 1.46. The minimum Gasteiger partial charge on any atom is -0.497 e. The zero-order valence-corrected chi connectivity index (χ0v) is 25.2. The highest BCUT2D eigenvalue weighted by Gasteiger charge is 2.34. The average molecular weight is 594 g/mol. The van der Waals surface area contributed by atoms with E-state index in [1.807, 2.05) is 25.1 Å². The standard InChI is InChI=1S/C32H39N3O6S/c1-4-30(32(37)33-25-12-8-9-13-25)34(22-24-11-10-14-28(21-24)41-3)31(36)23-35(26-17-19-27(40-2)20-18-26)42(38,39)29-15-6-5-7-16-29/h5-7,10-11,14-21,25,30H,4,8-9,12-13,22-23H2,1-3H3,(H,33,37)/t30-/m0/s1. The van der Waals surface area contributed by atoms with Crippen molar-refractivity contribution in [2.75, 3.05) is 25.1 Å². The molecule has 1 N–H and O–H groups in total. The second kappa shape index (κ2) is 14.2. The molecular formula is C32H39N3O6S. The molecule has 9 nitrogen and oxygen atoms in total. The molecule has 4 rings (SSSR count). The predicted octanol–water partition coefficient (Wildman–Crippen LogP) is 4.77. The van der Waals surface area contributed by atoms with Crippen LogP contribution in [0.3, 0.4) is 0 Å². The van der Waals surface area contributed by atoms with E-state index in [1.165, 1.54) is 24.1 Å². The number of methoxy groups -OCH3 is 2. The summed E-state index contributed by atoms with van der Waals surface area (Å²) in [6, 6.07) is 21.1. The van der Waals surface area contributed by atoms with Gasteiger partial charge in [0.1, 0.15) is 24.1 Å². The molecule has 3 aromatic rings. The number of anilines is 1. The van der Waals surface area contributed by atoms with Crippen LogP contribution < -0.4 is 19.1 Å². The third-order valence-electron chi connectivity index (χ3n) is 7.55. The molecule has 224 valence electrons. The lowest BCUT2D eigenvalue weighted by molar-refractivity contribution is -0.140. The zero-order chi connectivity index (χ0) is 30.1. The monoisotopic (exact) mass is 593 g/mol. The van der Waals surface area contributed by atoms with Crippen molar-refractivity contribution in [1.82, 2.24) is 10.2 Å². The fourth-order valence-corrected chi connectivity index (χ4v) is 6.69. The van der Waals surface area contributed by atoms with Crippen LogP contribution in [0.5, 0.6) is 11.5 Å². The predicted molar refractivity (Wildman–Crippen MR) is 162 cm³/mol. The summed E-state index contributed by atoms with van der Waals surface area (Å²) < 4.78 is 39.6. The Kier molecular flexibility index (Phi) is 10.5. The summed E-state index contributed by atoms with van der Waals surface area (Å²) in [5.41, 5.74) is 1.06. The van der Waals surface area contributed by atoms with Crippen molar-refractivity contribution in [1.29, 1.82) is 0 Å². The Balaban J connectivity index is 1.71. The third-order valence-corrected chi connectivity index (χ3v) is 9.33. The molecule has 0 saturated heterocycles. The Hall–Kier alpha value is -4.05. The van der Waals surface area contributed by atoms with Crippen LogP contribution in [0.2, 0.25) is 0 Å². The fourth-order valence-electron chi connectivity index (χ4n) is 5.25. The number of nitrogens with one attached hydrogen (secondary N) is 1. The molecule has 0 radical (unpaired) electrons. The molecule has 0 bridgehead atoms. The molecular weight excluding hydrogens is 554 g/mol. The van der Waals surface area contributed by atoms with E-state index in [0.29, 0.717) is 23.6 Å². The molecule has 0 heterocycles. The minimum absolute atomic E-state index is 0.0546. The molecule has 42 heavy (non-hydrogen) atoms. The largest absolute Gasteiger partial charge is 0.497 e. The van der Waals surface area contributed by atoms with Crippen molar-refractivity contribution in [3.8, 4) is 11.5 Å². The van der Waals surface area contributed by atoms with Gasteiger partial charge in [0.15, 0.2) is 0 Å². The molecule has 0 aliphatic heterocycles. The maximum atomic E-state index is 14.2. The molecule has 1 saturated carbocycles. The normalized spacial score (nSPS) is 14.2. The first-order chi connectivity index (χ1) is 20.3. The molecule has 0 aromatic heterocycles. The molecule has 1 fully saturated rings. The Morgan fingerprint density at radius 3 is 2.19 bits per heavy atom. The van der Waals surface area contributed by atoms with Gasteiger partial charge in [0.25, 0.3) is 10.0 Å². The third kappa shape index (κ3) is 7.42. The number of ether oxygens (including phenoxy) is 2. The van der Waals surface area contributed by atoms with E-state index >= 15 is 0 Å². The highest BCUT2D eigenvalue weighted by molar-refractivity contribution is 7.92. The number of carbonyl (C=O) groups is 2. The van der Waals surface area contributed by atoms with Gasteiger partial charge in [-0.1, -0.05) is 50.1 Å². The van der Waals surface area contributed by atoms with Gasteiger partial charge in [0.2, 0.25) is 11.8 Å². The maximum absolute atomic E-state index is 14.2. The van der Waals surface area contributed by atoms with Gasteiger partial charge >= 0.3 is 0 Å². The SMILES string of the molecule is CC[C@@H](C(=O)NC1CCCC1)N(Cc1cccc(OC)c1)C(=O)CN(c1ccc(OC)cc1)S(=O)(=O)c1ccccc1. The average Bonchev–Trinajstić information content (AvgIpc) is 3.53. The molecule has 1 aliphatic carbocycles. The second-order valence-corrected chi connectivity index (χ2v) is 12.2. The summed E-state index contributed by atoms with van der Waals surface area (Å²) in [6.07, 6.45) is 4.30. The Morgan fingerprint density at radius 1 is 0.905 bits per heavy atom. The number of carbonyl (C=O) groups excluding carboxylic acids is 2. The first-order valence-electron chi connectivity index (χ1n) is 14.2. The number of sulfonamides is 1. The highest BCUT2D eigenvalue weighted by atomic mass is 32.2. The highest BCUT2D eigenvalue weighted by Crippen LogP contribution is 2.27. The summed E-state index contributed by atoms with van der Waals surface area (Å²) in [5.74, 6) is 0.440. The van der Waals surface area contributed by atoms with Crippen molar-refractivity contribution in [2.24, 2.45) is 0 Å². The van der Waals surface area contributed by atoms with Crippen molar-refractivity contribution >= 4 is 27.5 Å². The quantitative estimate of drug-likeness (QED) is 0.306. The Labute approximate surface area is 248 Å². The van der Waals surface area contributed by atoms with Gasteiger partial charge in [-0.15, -0.1) is 0 Å². The fraction of sp³-hybridized carbons (Fsp3) is 0.375. The molecule has 3 aromatic carbocycles. The van der Waals surface area contributed by atoms with Crippen LogP contribution in [0.25, 0.3) is 0 Å². The van der Waals surface area contributed by atoms with Gasteiger partial charge in [-0.05, 0) is 73.4 Å². The van der Waals surface area contributed by atoms with E-state index in [4.69, 9.17) is 9.47 Å². The number of nitrogens with zero attached hydrogens (tertiary/aromatic N) is 2. The number of rotatable bonds is 13. The van der Waals surface area contributed by atoms with Gasteiger partial charge in [0, 0.05) is 12.6 Å². The van der Waals surface area contributed by atoms with Gasteiger partial charge in [-0.2, -0.15) is 0 Å². The summed E-state index contributed by atoms with van der Waals surface area (Å²) in [4.78, 5) is 29.3. The molecule has 2 amide bonds. The van der Waals surface area contributed by atoms with Crippen molar-refractivity contribution in [3.05, 3.63) is 84.4 Å². The van der Waals surface area contributed by atoms with Crippen LogP contribution in [0.4, 0.5) is 5.69 Å². The van der Waals surface area contributed by atoms with Crippen LogP contribution in [0.1, 0.15) is 44.6 Å². The van der Waals surface area contributed by atoms with Crippen LogP contribution in [0, 0.1) is 0 Å². The van der Waals surface area contributed by atoms with Gasteiger partial charge in [-0.25, -0.2) is 8.42 Å². The van der Waals surface area contributed by atoms with E-state index in [0.717, 1.165) is 35.6 Å². The lowest BCUT2D eigenvalue weighted by Crippen LogP contribution is -2.53. The van der Waals surface area contributed by atoms with Crippen LogP contribution in [-0.4, -0.2) is 58.0 Å². The minimum atomic E-state index is -4.13. The van der Waals surface area contributed by atoms with Gasteiger partial charge in [-0.3, -0.25) is 13.9 Å². The van der Waals surface area contributed by atoms with Crippen molar-refractivity contribution < 1.29 is 27.5 Å². The van der Waals surface area contributed by atoms with Gasteiger partial charge in [0.05, 0.1) is 24.8 Å². The van der Waals surface area contributed by atoms with E-state index in [1.54, 1.807) is 55.6 Å². The summed E-state index contributed by atoms with van der Waals surface area (Å²) >= 11 is 0. The number of hydrogen-bond donors (Lipinski definition) is 1. The van der Waals surface area contributed by atoms with E-state index < -0.39 is 28.5 Å². The van der Waals surface area contributed by atoms with Crippen LogP contribution in [-0.2, 0) is 26.2 Å². The number of benzene rings is 3. The molecule has 1 aliphatic rings. The lowest BCUT2D eigenvalue weighted by Gasteiger charge is -2.34. The molecule has 0 unspecified atom stereocenters. The smallest absolute Gasteiger partial charge is 0.264 e. The Bertz CT molecular complexity index is 1440. The van der Waals surface area contributed by atoms with Crippen LogP contribution in [0.15, 0.2) is 83.8 Å². The molecule has 10 heteroatoms. The maximum Gasteiger partial charge on any atom is 0.264 e. The number of amides is 2. The number of hydrogen-bond acceptors (Lipinski definition) is 6. The van der Waals surface area contributed by atoms with Crippen LogP contribution >= 0.6 is 0 Å². The Morgan fingerprint density at radius 2 is 1.57 bits per heavy atom. The van der Waals surface area contributed by atoms with Gasteiger partial charge < -0.3 is 19.7 Å². The van der Waals surface area contributed by atoms with Crippen molar-refractivity contribution in [2.45, 2.75) is 62.6 Å². The summed E-state index contributed by atoms with van der Waals surface area (Å²) in [7, 11) is -1.05. The van der Waals surface area contributed by atoms with E-state index in [-0.39, 0.29) is 23.4 Å². The topological polar surface area (TPSA) is 105 Å². The lowest BCUT2D eigenvalue weighted by atomic mass is 10.1. The summed E-state index contributed by atoms with van der Waals surface area (Å²) in [5, 5.41) is 3.12. The first kappa shape index (κ1) is 30.9. The zero-order valence-electron chi connectivity index (χ0n) is 24.4. The second-order valence-electron chi connectivity index (χ2n) is 10.3. The van der Waals surface area contributed by atoms with Crippen molar-refractivity contribution in [3.63, 3.8) is 0 Å².